The molecule has 102 valence electrons. The number of hydrogen-bond donors (Lipinski definition) is 3. The summed E-state index contributed by atoms with van der Waals surface area (Å²) in [5.74, 6) is 0.479. The molecule has 1 aromatic carbocycles. The molecule has 0 radical (unpaired) electrons. The van der Waals surface area contributed by atoms with Crippen LogP contribution in [0.2, 0.25) is 0 Å². The third-order valence-electron chi connectivity index (χ3n) is 2.66. The van der Waals surface area contributed by atoms with E-state index in [1.165, 1.54) is 31.0 Å². The average Bonchev–Trinajstić information content (AvgIpc) is 2.77. The lowest BCUT2D eigenvalue weighted by molar-refractivity contribution is -0.123. The molecule has 19 heavy (non-hydrogen) atoms. The number of amides is 2. The Hall–Kier alpha value is -1.89. The average molecular weight is 282 g/mol. The van der Waals surface area contributed by atoms with Gasteiger partial charge in [-0.15, -0.1) is 11.8 Å². The van der Waals surface area contributed by atoms with Gasteiger partial charge in [-0.05, 0) is 12.1 Å². The first kappa shape index (κ1) is 13.5. The minimum absolute atomic E-state index is 0.00576. The van der Waals surface area contributed by atoms with E-state index in [1.807, 2.05) is 0 Å². The Morgan fingerprint density at radius 2 is 2.42 bits per heavy atom. The molecule has 0 aromatic heterocycles. The van der Waals surface area contributed by atoms with Gasteiger partial charge in [0, 0.05) is 18.2 Å². The van der Waals surface area contributed by atoms with E-state index in [-0.39, 0.29) is 35.0 Å². The number of phenols is 1. The number of methoxy groups -OCH3 is 1. The molecule has 0 saturated carbocycles. The van der Waals surface area contributed by atoms with Gasteiger partial charge in [-0.25, -0.2) is 0 Å². The Balaban J connectivity index is 1.96. The Bertz CT molecular complexity index is 507. The number of phenolic OH excluding ortho intramolecular Hbond substituents is 1. The topological polar surface area (TPSA) is 87.7 Å². The fourth-order valence-electron chi connectivity index (χ4n) is 1.69. The van der Waals surface area contributed by atoms with Crippen LogP contribution in [0, 0.1) is 0 Å². The third-order valence-corrected chi connectivity index (χ3v) is 3.75. The third kappa shape index (κ3) is 3.31. The first-order chi connectivity index (χ1) is 9.10. The number of carbonyl (C=O) groups excluding carboxylic acids is 2. The molecule has 1 aliphatic heterocycles. The lowest BCUT2D eigenvalue weighted by Gasteiger charge is -2.09. The van der Waals surface area contributed by atoms with Crippen LogP contribution in [0.3, 0.4) is 0 Å². The van der Waals surface area contributed by atoms with E-state index in [2.05, 4.69) is 10.6 Å². The van der Waals surface area contributed by atoms with Gasteiger partial charge in [-0.1, -0.05) is 0 Å². The summed E-state index contributed by atoms with van der Waals surface area (Å²) in [5, 5.41) is 14.4. The zero-order valence-corrected chi connectivity index (χ0v) is 11.1. The monoisotopic (exact) mass is 282 g/mol. The fourth-order valence-corrected chi connectivity index (χ4v) is 2.62. The van der Waals surface area contributed by atoms with E-state index in [0.29, 0.717) is 11.6 Å². The largest absolute Gasteiger partial charge is 0.504 e. The van der Waals surface area contributed by atoms with Crippen molar-refractivity contribution in [1.82, 2.24) is 5.32 Å². The van der Waals surface area contributed by atoms with Crippen LogP contribution < -0.4 is 15.4 Å². The molecule has 1 heterocycles. The normalized spacial score (nSPS) is 17.9. The lowest BCUT2D eigenvalue weighted by atomic mass is 10.2. The molecule has 1 fully saturated rings. The van der Waals surface area contributed by atoms with Crippen LogP contribution in [0.25, 0.3) is 0 Å². The molecular formula is C12H14N2O4S. The SMILES string of the molecule is COc1cc(NC(=O)CC2SCNC2=O)ccc1O. The molecule has 0 bridgehead atoms. The molecule has 2 amide bonds. The fraction of sp³-hybridized carbons (Fsp3) is 0.333. The summed E-state index contributed by atoms with van der Waals surface area (Å²) in [6.45, 7) is 0. The highest BCUT2D eigenvalue weighted by molar-refractivity contribution is 8.01. The second kappa shape index (κ2) is 5.83. The molecule has 1 unspecified atom stereocenters. The van der Waals surface area contributed by atoms with E-state index in [0.717, 1.165) is 0 Å². The molecule has 2 rings (SSSR count). The standard InChI is InChI=1S/C12H14N2O4S/c1-18-9-4-7(2-3-8(9)15)14-11(16)5-10-12(17)13-6-19-10/h2-4,10,15H,5-6H2,1H3,(H,13,17)(H,14,16). The van der Waals surface area contributed by atoms with Gasteiger partial charge in [0.2, 0.25) is 11.8 Å². The Labute approximate surface area is 114 Å². The molecule has 1 saturated heterocycles. The van der Waals surface area contributed by atoms with Gasteiger partial charge < -0.3 is 20.5 Å². The van der Waals surface area contributed by atoms with Gasteiger partial charge in [0.1, 0.15) is 0 Å². The second-order valence-electron chi connectivity index (χ2n) is 3.98. The summed E-state index contributed by atoms with van der Waals surface area (Å²) < 4.78 is 4.95. The van der Waals surface area contributed by atoms with Crippen molar-refractivity contribution in [3.05, 3.63) is 18.2 Å². The molecule has 1 aromatic rings. The first-order valence-corrected chi connectivity index (χ1v) is 6.71. The number of thioether (sulfide) groups is 1. The van der Waals surface area contributed by atoms with Crippen LogP contribution in [-0.4, -0.2) is 35.2 Å². The number of rotatable bonds is 4. The molecule has 0 aliphatic carbocycles. The van der Waals surface area contributed by atoms with Gasteiger partial charge in [0.15, 0.2) is 11.5 Å². The van der Waals surface area contributed by atoms with E-state index >= 15 is 0 Å². The van der Waals surface area contributed by atoms with Crippen molar-refractivity contribution in [2.75, 3.05) is 18.3 Å². The van der Waals surface area contributed by atoms with E-state index in [1.54, 1.807) is 6.07 Å². The molecule has 3 N–H and O–H groups in total. The van der Waals surface area contributed by atoms with Crippen LogP contribution in [0.1, 0.15) is 6.42 Å². The van der Waals surface area contributed by atoms with Crippen LogP contribution in [-0.2, 0) is 9.59 Å². The van der Waals surface area contributed by atoms with Crippen molar-refractivity contribution in [2.45, 2.75) is 11.7 Å². The molecular weight excluding hydrogens is 268 g/mol. The van der Waals surface area contributed by atoms with Crippen molar-refractivity contribution in [2.24, 2.45) is 0 Å². The van der Waals surface area contributed by atoms with Crippen molar-refractivity contribution >= 4 is 29.3 Å². The van der Waals surface area contributed by atoms with E-state index in [4.69, 9.17) is 4.74 Å². The maximum Gasteiger partial charge on any atom is 0.234 e. The maximum absolute atomic E-state index is 11.8. The lowest BCUT2D eigenvalue weighted by Crippen LogP contribution is -2.26. The summed E-state index contributed by atoms with van der Waals surface area (Å²) in [4.78, 5) is 23.1. The Kier molecular flexibility index (Phi) is 4.16. The predicted octanol–water partition coefficient (Wildman–Crippen LogP) is 0.918. The van der Waals surface area contributed by atoms with Gasteiger partial charge in [0.25, 0.3) is 0 Å². The molecule has 1 atom stereocenters. The summed E-state index contributed by atoms with van der Waals surface area (Å²) in [5.41, 5.74) is 0.517. The van der Waals surface area contributed by atoms with Crippen LogP contribution in [0.4, 0.5) is 5.69 Å². The van der Waals surface area contributed by atoms with Crippen LogP contribution in [0.15, 0.2) is 18.2 Å². The number of carbonyl (C=O) groups is 2. The summed E-state index contributed by atoms with van der Waals surface area (Å²) in [7, 11) is 1.43. The number of anilines is 1. The Morgan fingerprint density at radius 3 is 3.05 bits per heavy atom. The van der Waals surface area contributed by atoms with Crippen molar-refractivity contribution in [1.29, 1.82) is 0 Å². The molecule has 6 nitrogen and oxygen atoms in total. The number of ether oxygens (including phenoxy) is 1. The van der Waals surface area contributed by atoms with Gasteiger partial charge in [-0.2, -0.15) is 0 Å². The van der Waals surface area contributed by atoms with Crippen molar-refractivity contribution < 1.29 is 19.4 Å². The second-order valence-corrected chi connectivity index (χ2v) is 5.17. The Morgan fingerprint density at radius 1 is 1.63 bits per heavy atom. The summed E-state index contributed by atoms with van der Waals surface area (Å²) in [6, 6.07) is 4.53. The predicted molar refractivity (Wildman–Crippen MR) is 72.3 cm³/mol. The van der Waals surface area contributed by atoms with E-state index < -0.39 is 0 Å². The number of aromatic hydroxyl groups is 1. The summed E-state index contributed by atoms with van der Waals surface area (Å²) >= 11 is 1.41. The minimum Gasteiger partial charge on any atom is -0.504 e. The number of nitrogens with one attached hydrogen (secondary N) is 2. The molecule has 7 heteroatoms. The molecule has 0 spiro atoms. The van der Waals surface area contributed by atoms with Crippen LogP contribution >= 0.6 is 11.8 Å². The van der Waals surface area contributed by atoms with Gasteiger partial charge in [-0.3, -0.25) is 9.59 Å². The summed E-state index contributed by atoms with van der Waals surface area (Å²) in [6.07, 6.45) is 0.125. The highest BCUT2D eigenvalue weighted by Crippen LogP contribution is 2.29. The van der Waals surface area contributed by atoms with E-state index in [9.17, 15) is 14.7 Å². The van der Waals surface area contributed by atoms with Crippen molar-refractivity contribution in [3.63, 3.8) is 0 Å². The van der Waals surface area contributed by atoms with Gasteiger partial charge >= 0.3 is 0 Å². The zero-order valence-electron chi connectivity index (χ0n) is 10.3. The van der Waals surface area contributed by atoms with Crippen LogP contribution in [0.5, 0.6) is 11.5 Å². The first-order valence-electron chi connectivity index (χ1n) is 5.66. The smallest absolute Gasteiger partial charge is 0.234 e. The number of benzene rings is 1. The maximum atomic E-state index is 11.8. The number of hydrogen-bond acceptors (Lipinski definition) is 5. The highest BCUT2D eigenvalue weighted by Gasteiger charge is 2.27. The minimum atomic E-state index is -0.334. The van der Waals surface area contributed by atoms with Crippen molar-refractivity contribution in [3.8, 4) is 11.5 Å². The highest BCUT2D eigenvalue weighted by atomic mass is 32.2. The quantitative estimate of drug-likeness (QED) is 0.715. The van der Waals surface area contributed by atoms with Gasteiger partial charge in [0.05, 0.1) is 18.2 Å². The zero-order chi connectivity index (χ0) is 13.8. The molecule has 1 aliphatic rings.